The molecule has 10 aromatic carbocycles. The Hall–Kier alpha value is -12.4. The zero-order valence-corrected chi connectivity index (χ0v) is 85.2. The molecule has 3 aliphatic carbocycles. The molecule has 6 amide bonds. The number of imide groups is 3. The summed E-state index contributed by atoms with van der Waals surface area (Å²) >= 11 is 17.5. The van der Waals surface area contributed by atoms with Gasteiger partial charge in [-0.3, -0.25) is 43.5 Å². The number of methoxy groups -OCH3 is 2. The normalized spacial score (nSPS) is 15.1. The van der Waals surface area contributed by atoms with Gasteiger partial charge >= 0.3 is 190 Å². The summed E-state index contributed by atoms with van der Waals surface area (Å²) in [6.07, 6.45) is 26.2. The maximum absolute atomic E-state index is 12.4. The van der Waals surface area contributed by atoms with Gasteiger partial charge in [0.15, 0.2) is 0 Å². The summed E-state index contributed by atoms with van der Waals surface area (Å²) in [5, 5.41) is 9.07. The molecule has 0 spiro atoms. The number of nitrogens with zero attached hydrogens (tertiary/aromatic N) is 3. The number of nitrogens with two attached hydrogens (primary N) is 1. The van der Waals surface area contributed by atoms with Crippen molar-refractivity contribution in [1.82, 2.24) is 14.7 Å². The number of carbonyl (C=O) groups is 6. The first-order valence-electron chi connectivity index (χ1n) is 44.8. The molecule has 136 heavy (non-hydrogen) atoms. The fourth-order valence-electron chi connectivity index (χ4n) is 17.2. The van der Waals surface area contributed by atoms with Crippen LogP contribution in [0, 0.1) is 75.2 Å². The van der Waals surface area contributed by atoms with Crippen LogP contribution in [0.1, 0.15) is 218 Å². The van der Waals surface area contributed by atoms with Crippen LogP contribution in [0.3, 0.4) is 0 Å². The fraction of sp³-hybridized carbons (Fsp3) is 0.270. The molecular weight excluding hydrogens is 1890 g/mol. The smallest absolute Gasteiger partial charge is 0.262 e. The van der Waals surface area contributed by atoms with E-state index in [0.29, 0.717) is 45.7 Å². The first-order valence-corrected chi connectivity index (χ1v) is 51.1. The number of hydrogen-bond acceptors (Lipinski definition) is 12. The van der Waals surface area contributed by atoms with E-state index in [1.165, 1.54) is 106 Å². The largest absolute Gasteiger partial charge is 0.497 e. The molecule has 0 unspecified atom stereocenters. The van der Waals surface area contributed by atoms with E-state index in [0.717, 1.165) is 48.4 Å². The molecule has 10 aromatic rings. The van der Waals surface area contributed by atoms with Crippen molar-refractivity contribution in [3.63, 3.8) is 0 Å². The number of rotatable bonds is 14. The SMILES string of the molecule is C#CCN1C(=O)c2ccccc2C1=O.CC1=C(/C=C/c2cccc(C#CCN)c2)C(C)(C)CCC1.CC1=C(/C=C/c2cccc(C#CCN3C(=O)c4ccccc4C3=O)c2)C(C)(C)CCC1.CC1=C(CP(Br)(c2ccccc2)(c2ccccc2)c2ccccc2)C(C)(C)CCC1.CCO.COc1cccc(Br)c1.COc1cccc(C#CCN2C(=O)c3ccccc3C2=O)c1.ClCCl.N=N.O.[HH]. The second-order valence-electron chi connectivity index (χ2n) is 34.5. The molecule has 0 radical (unpaired) electrons. The number of nitrogens with one attached hydrogen (secondary N) is 2. The summed E-state index contributed by atoms with van der Waals surface area (Å²) in [7, 11) is 3.24. The molecule has 16 rings (SSSR count). The van der Waals surface area contributed by atoms with Crippen LogP contribution in [-0.4, -0.2) is 119 Å². The van der Waals surface area contributed by atoms with Crippen molar-refractivity contribution >= 4 is 123 Å². The van der Waals surface area contributed by atoms with Gasteiger partial charge < -0.3 is 25.8 Å². The molecule has 3 aliphatic heterocycles. The molecule has 16 nitrogen and oxygen atoms in total. The Bertz CT molecular complexity index is 6050. The second-order valence-corrected chi connectivity index (χ2v) is 45.1. The summed E-state index contributed by atoms with van der Waals surface area (Å²) in [6.45, 7) is 23.6. The average Bonchev–Trinajstić information content (AvgIpc) is 1.64. The summed E-state index contributed by atoms with van der Waals surface area (Å²) in [5.74, 6) is 20.0. The molecule has 7 N–H and O–H groups in total. The molecule has 6 aliphatic rings. The van der Waals surface area contributed by atoms with E-state index in [4.69, 9.17) is 61.0 Å². The van der Waals surface area contributed by atoms with Crippen LogP contribution in [0.2, 0.25) is 0 Å². The Morgan fingerprint density at radius 3 is 1.07 bits per heavy atom. The number of hydrogen-bond donors (Lipinski definition) is 4. The predicted molar refractivity (Wildman–Crippen MR) is 569 cm³/mol. The molecule has 0 bridgehead atoms. The van der Waals surface area contributed by atoms with Gasteiger partial charge in [0, 0.05) is 29.2 Å². The Kier molecular flexibility index (Phi) is 43.7. The molecule has 0 aromatic heterocycles. The standard InChI is InChI=1S/C28H32BrP.C28H27NO2.C20H25N.C18H13NO3.C11H7NO2.C7H7BrO.C2H6O.CH2Cl2.H2N2.H2O.H2/c1-23-14-13-21-28(2,3)27(23)22-30(29,24-15-7-4-8-16-24,25-17-9-5-10-18-25)26-19-11-6-12-20-26;1-20-9-7-17-28(2,3)25(20)16-15-22-11-6-10-21(19-22)12-8-18-29-26(30)23-13-4-5-14-24(23)27(29)31;1-16-7-5-13-20(2,3)19(16)12-11-18-9-4-8-17(15-18)10-6-14-21;1-22-14-8-4-6-13(12-14)7-5-11-19-17(20)15-9-2-3-10-16(15)18(19)21;1-2-7-12-10(13)8-5-3-4-6-9(8)11(12)14;1-9-7-4-2-3-6(8)5-7;1-2-3;2-1-3;1-2;;/h4-12,15-20H,13-14,21-22H2,1-3H3;4-6,10-11,13-16,19H,7,9,17-18H2,1-3H3;4,8-9,11-12,15H,5,7,13-14,21H2,1-3H3;2-4,6,8-10,12H,11H2,1H3;1,3-6H,7H2;2-5H,1H3;3H,2H2,1H3;1H2;1-2H;1H2;1H/b;16-15+;12-11+;;;;;;;;. The number of amides is 6. The number of fused-ring (bicyclic) bond motifs is 3. The average molecular weight is 2010 g/mol. The third-order valence-electron chi connectivity index (χ3n) is 24.0. The molecule has 0 saturated carbocycles. The van der Waals surface area contributed by atoms with E-state index >= 15 is 0 Å². The van der Waals surface area contributed by atoms with E-state index < -0.39 is 5.31 Å². The molecule has 3 heterocycles. The van der Waals surface area contributed by atoms with Gasteiger partial charge in [-0.1, -0.05) is 193 Å². The van der Waals surface area contributed by atoms with Crippen molar-refractivity contribution in [2.45, 2.75) is 127 Å². The third-order valence-corrected chi connectivity index (χ3v) is 34.0. The number of allylic oxidation sites excluding steroid dienone is 8. The fourth-order valence-corrected chi connectivity index (χ4v) is 25.6. The van der Waals surface area contributed by atoms with Gasteiger partial charge in [-0.15, -0.1) is 29.6 Å². The van der Waals surface area contributed by atoms with Crippen LogP contribution >= 0.6 is 59.9 Å². The summed E-state index contributed by atoms with van der Waals surface area (Å²) in [4.78, 5) is 75.9. The number of terminal acetylenes is 1. The molecule has 21 heteroatoms. The number of benzene rings is 10. The monoisotopic (exact) mass is 2010 g/mol. The minimum absolute atomic E-state index is 0. The number of halogens is 4. The van der Waals surface area contributed by atoms with Gasteiger partial charge in [0.25, 0.3) is 35.4 Å². The molecule has 0 atom stereocenters. The molecule has 0 saturated heterocycles. The van der Waals surface area contributed by atoms with Gasteiger partial charge in [-0.25, -0.2) is 11.1 Å². The molecule has 708 valence electrons. The van der Waals surface area contributed by atoms with Crippen LogP contribution in [0.4, 0.5) is 0 Å². The molecule has 0 fully saturated rings. The first-order chi connectivity index (χ1) is 64.9. The number of ether oxygens (including phenoxy) is 2. The summed E-state index contributed by atoms with van der Waals surface area (Å²) < 4.78 is 11.1. The van der Waals surface area contributed by atoms with E-state index in [2.05, 4.69) is 269 Å². The maximum Gasteiger partial charge on any atom is 0.262 e. The Balaban J connectivity index is 0.000000255. The van der Waals surface area contributed by atoms with Crippen LogP contribution in [0.5, 0.6) is 11.5 Å². The van der Waals surface area contributed by atoms with E-state index in [1.807, 2.05) is 72.8 Å². The van der Waals surface area contributed by atoms with Crippen LogP contribution in [0.25, 0.3) is 12.2 Å². The zero-order valence-electron chi connectivity index (χ0n) is 79.6. The minimum atomic E-state index is -2.91. The van der Waals surface area contributed by atoms with E-state index in [9.17, 15) is 28.8 Å². The van der Waals surface area contributed by atoms with E-state index in [1.54, 1.807) is 111 Å². The number of aliphatic hydroxyl groups excluding tert-OH is 1. The van der Waals surface area contributed by atoms with Crippen LogP contribution in [-0.2, 0) is 0 Å². The van der Waals surface area contributed by atoms with E-state index in [-0.39, 0.29) is 90.2 Å². The second kappa shape index (κ2) is 53.8. The quantitative estimate of drug-likeness (QED) is 0.0200. The summed E-state index contributed by atoms with van der Waals surface area (Å²) in [5.41, 5.74) is 32.9. The topological polar surface area (TPSA) is 256 Å². The van der Waals surface area contributed by atoms with Crippen molar-refractivity contribution in [2.24, 2.45) is 22.0 Å². The van der Waals surface area contributed by atoms with Crippen molar-refractivity contribution in [3.8, 4) is 59.4 Å². The summed E-state index contributed by atoms with van der Waals surface area (Å²) in [6, 6.07) is 85.3. The number of alkyl halides is 2. The van der Waals surface area contributed by atoms with Gasteiger partial charge in [0.1, 0.15) is 11.5 Å². The van der Waals surface area contributed by atoms with Gasteiger partial charge in [0.05, 0.1) is 79.1 Å². The van der Waals surface area contributed by atoms with Gasteiger partial charge in [-0.05, 0) is 189 Å². The van der Waals surface area contributed by atoms with Crippen LogP contribution in [0.15, 0.2) is 311 Å². The van der Waals surface area contributed by atoms with Crippen molar-refractivity contribution < 1.29 is 50.3 Å². The predicted octanol–water partition coefficient (Wildman–Crippen LogP) is 24.9. The van der Waals surface area contributed by atoms with Gasteiger partial charge in [0.2, 0.25) is 0 Å². The molecular formula is C115H125Br2Cl2N6O10P. The maximum atomic E-state index is 12.4. The Morgan fingerprint density at radius 1 is 0.449 bits per heavy atom. The third kappa shape index (κ3) is 29.1. The zero-order chi connectivity index (χ0) is 98.3. The van der Waals surface area contributed by atoms with Crippen LogP contribution < -0.4 is 31.1 Å². The number of carbonyl (C=O) groups excluding carboxylic acids is 6. The Morgan fingerprint density at radius 2 is 0.750 bits per heavy atom. The van der Waals surface area contributed by atoms with Gasteiger partial charge in [-0.2, -0.15) is 0 Å². The van der Waals surface area contributed by atoms with Crippen molar-refractivity contribution in [2.75, 3.05) is 58.5 Å². The van der Waals surface area contributed by atoms with Crippen molar-refractivity contribution in [1.29, 1.82) is 11.1 Å². The Labute approximate surface area is 832 Å². The number of aliphatic hydroxyl groups is 1. The minimum Gasteiger partial charge on any atom is -0.497 e. The first kappa shape index (κ1) is 111. The van der Waals surface area contributed by atoms with Crippen molar-refractivity contribution in [3.05, 3.63) is 372 Å².